The Morgan fingerprint density at radius 2 is 1.61 bits per heavy atom. The quantitative estimate of drug-likeness (QED) is 0.875. The number of halogens is 3. The lowest BCUT2D eigenvalue weighted by molar-refractivity contribution is 0.577. The third-order valence-electron chi connectivity index (χ3n) is 2.79. The number of benzene rings is 2. The van der Waals surface area contributed by atoms with Crippen LogP contribution in [-0.2, 0) is 0 Å². The van der Waals surface area contributed by atoms with Gasteiger partial charge in [0.25, 0.3) is 0 Å². The van der Waals surface area contributed by atoms with Gasteiger partial charge in [-0.15, -0.1) is 0 Å². The molecule has 0 saturated heterocycles. The number of nitrogens with two attached hydrogens (primary N) is 1. The van der Waals surface area contributed by atoms with Crippen LogP contribution in [0.1, 0.15) is 22.7 Å². The van der Waals surface area contributed by atoms with Gasteiger partial charge in [0.2, 0.25) is 0 Å². The first-order valence-electron chi connectivity index (χ1n) is 5.45. The highest BCUT2D eigenvalue weighted by molar-refractivity contribution is 6.31. The zero-order chi connectivity index (χ0) is 13.3. The van der Waals surface area contributed by atoms with E-state index in [1.165, 1.54) is 12.1 Å². The van der Waals surface area contributed by atoms with E-state index in [-0.39, 0.29) is 0 Å². The van der Waals surface area contributed by atoms with Gasteiger partial charge in [0, 0.05) is 11.1 Å². The Bertz CT molecular complexity index is 564. The standard InChI is InChI=1S/C14H12ClF2N/c1-8-4-9(2-3-13(8)15)14(18)10-5-11(16)7-12(17)6-10/h2-7,14H,18H2,1H3. The summed E-state index contributed by atoms with van der Waals surface area (Å²) in [6.45, 7) is 1.85. The summed E-state index contributed by atoms with van der Waals surface area (Å²) in [5, 5.41) is 0.636. The summed E-state index contributed by atoms with van der Waals surface area (Å²) < 4.78 is 26.3. The molecule has 0 saturated carbocycles. The molecule has 94 valence electrons. The van der Waals surface area contributed by atoms with Crippen LogP contribution >= 0.6 is 11.6 Å². The Morgan fingerprint density at radius 1 is 1.00 bits per heavy atom. The molecule has 18 heavy (non-hydrogen) atoms. The van der Waals surface area contributed by atoms with E-state index >= 15 is 0 Å². The van der Waals surface area contributed by atoms with Crippen molar-refractivity contribution < 1.29 is 8.78 Å². The van der Waals surface area contributed by atoms with E-state index in [1.54, 1.807) is 12.1 Å². The van der Waals surface area contributed by atoms with Crippen molar-refractivity contribution in [3.63, 3.8) is 0 Å². The number of hydrogen-bond donors (Lipinski definition) is 1. The first-order valence-corrected chi connectivity index (χ1v) is 5.83. The largest absolute Gasteiger partial charge is 0.320 e. The van der Waals surface area contributed by atoms with Gasteiger partial charge >= 0.3 is 0 Å². The van der Waals surface area contributed by atoms with Gasteiger partial charge in [0.05, 0.1) is 6.04 Å². The van der Waals surface area contributed by atoms with Crippen LogP contribution in [0, 0.1) is 18.6 Å². The lowest BCUT2D eigenvalue weighted by Crippen LogP contribution is -2.12. The van der Waals surface area contributed by atoms with Crippen molar-refractivity contribution in [2.45, 2.75) is 13.0 Å². The minimum Gasteiger partial charge on any atom is -0.320 e. The summed E-state index contributed by atoms with van der Waals surface area (Å²) in [5.74, 6) is -1.27. The van der Waals surface area contributed by atoms with E-state index in [4.69, 9.17) is 17.3 Å². The van der Waals surface area contributed by atoms with Crippen molar-refractivity contribution in [3.05, 3.63) is 69.7 Å². The second kappa shape index (κ2) is 5.04. The lowest BCUT2D eigenvalue weighted by Gasteiger charge is -2.14. The zero-order valence-corrected chi connectivity index (χ0v) is 10.5. The summed E-state index contributed by atoms with van der Waals surface area (Å²) >= 11 is 5.92. The first-order chi connectivity index (χ1) is 8.47. The molecule has 0 bridgehead atoms. The Hall–Kier alpha value is -1.45. The molecule has 0 fully saturated rings. The van der Waals surface area contributed by atoms with E-state index < -0.39 is 17.7 Å². The predicted octanol–water partition coefficient (Wildman–Crippen LogP) is 3.97. The SMILES string of the molecule is Cc1cc(C(N)c2cc(F)cc(F)c2)ccc1Cl. The molecule has 4 heteroatoms. The Morgan fingerprint density at radius 3 is 2.17 bits per heavy atom. The Labute approximate surface area is 109 Å². The minimum absolute atomic E-state index is 0.397. The first kappa shape index (κ1) is 13.0. The monoisotopic (exact) mass is 267 g/mol. The number of hydrogen-bond acceptors (Lipinski definition) is 1. The van der Waals surface area contributed by atoms with Gasteiger partial charge in [-0.25, -0.2) is 8.78 Å². The minimum atomic E-state index is -0.633. The zero-order valence-electron chi connectivity index (χ0n) is 9.75. The summed E-state index contributed by atoms with van der Waals surface area (Å²) in [6, 6.07) is 8.00. The molecule has 1 unspecified atom stereocenters. The summed E-state index contributed by atoms with van der Waals surface area (Å²) in [7, 11) is 0. The van der Waals surface area contributed by atoms with Gasteiger partial charge in [0.15, 0.2) is 0 Å². The van der Waals surface area contributed by atoms with E-state index in [1.807, 2.05) is 13.0 Å². The maximum Gasteiger partial charge on any atom is 0.126 e. The fourth-order valence-electron chi connectivity index (χ4n) is 1.81. The van der Waals surface area contributed by atoms with E-state index in [2.05, 4.69) is 0 Å². The average Bonchev–Trinajstić information content (AvgIpc) is 2.30. The highest BCUT2D eigenvalue weighted by atomic mass is 35.5. The number of aryl methyl sites for hydroxylation is 1. The smallest absolute Gasteiger partial charge is 0.126 e. The average molecular weight is 268 g/mol. The van der Waals surface area contributed by atoms with Crippen molar-refractivity contribution in [3.8, 4) is 0 Å². The van der Waals surface area contributed by atoms with Gasteiger partial charge < -0.3 is 5.73 Å². The van der Waals surface area contributed by atoms with E-state index in [0.717, 1.165) is 17.2 Å². The van der Waals surface area contributed by atoms with Crippen LogP contribution in [0.3, 0.4) is 0 Å². The van der Waals surface area contributed by atoms with Crippen LogP contribution in [0.2, 0.25) is 5.02 Å². The van der Waals surface area contributed by atoms with Crippen molar-refractivity contribution in [1.82, 2.24) is 0 Å². The third-order valence-corrected chi connectivity index (χ3v) is 3.21. The summed E-state index contributed by atoms with van der Waals surface area (Å²) in [4.78, 5) is 0. The highest BCUT2D eigenvalue weighted by Crippen LogP contribution is 2.25. The van der Waals surface area contributed by atoms with Crippen molar-refractivity contribution in [2.75, 3.05) is 0 Å². The fraction of sp³-hybridized carbons (Fsp3) is 0.143. The third kappa shape index (κ3) is 2.68. The molecule has 0 aromatic heterocycles. The molecule has 2 rings (SSSR count). The van der Waals surface area contributed by atoms with E-state index in [9.17, 15) is 8.78 Å². The molecule has 0 radical (unpaired) electrons. The molecule has 1 nitrogen and oxygen atoms in total. The van der Waals surface area contributed by atoms with Crippen LogP contribution in [0.5, 0.6) is 0 Å². The molecule has 0 spiro atoms. The normalized spacial score (nSPS) is 12.5. The van der Waals surface area contributed by atoms with Crippen LogP contribution in [-0.4, -0.2) is 0 Å². The number of rotatable bonds is 2. The molecular formula is C14H12ClF2N. The molecule has 0 heterocycles. The Balaban J connectivity index is 2.40. The summed E-state index contributed by atoms with van der Waals surface area (Å²) in [5.41, 5.74) is 8.04. The van der Waals surface area contributed by atoms with Gasteiger partial charge in [0.1, 0.15) is 11.6 Å². The highest BCUT2D eigenvalue weighted by Gasteiger charge is 2.12. The van der Waals surface area contributed by atoms with Gasteiger partial charge in [-0.3, -0.25) is 0 Å². The molecule has 2 aromatic carbocycles. The van der Waals surface area contributed by atoms with Crippen LogP contribution in [0.25, 0.3) is 0 Å². The molecule has 0 aliphatic carbocycles. The van der Waals surface area contributed by atoms with Gasteiger partial charge in [-0.2, -0.15) is 0 Å². The van der Waals surface area contributed by atoms with Crippen molar-refractivity contribution >= 4 is 11.6 Å². The maximum atomic E-state index is 13.1. The van der Waals surface area contributed by atoms with Crippen LogP contribution in [0.4, 0.5) is 8.78 Å². The van der Waals surface area contributed by atoms with Crippen LogP contribution < -0.4 is 5.73 Å². The second-order valence-electron chi connectivity index (χ2n) is 4.19. The van der Waals surface area contributed by atoms with Crippen molar-refractivity contribution in [2.24, 2.45) is 5.73 Å². The Kier molecular flexibility index (Phi) is 3.64. The molecule has 0 aliphatic heterocycles. The maximum absolute atomic E-state index is 13.1. The van der Waals surface area contributed by atoms with Gasteiger partial charge in [-0.1, -0.05) is 23.7 Å². The molecule has 0 aliphatic rings. The molecule has 1 atom stereocenters. The topological polar surface area (TPSA) is 26.0 Å². The predicted molar refractivity (Wildman–Crippen MR) is 68.6 cm³/mol. The summed E-state index contributed by atoms with van der Waals surface area (Å²) in [6.07, 6.45) is 0. The fourth-order valence-corrected chi connectivity index (χ4v) is 1.93. The molecular weight excluding hydrogens is 256 g/mol. The molecule has 2 N–H and O–H groups in total. The second-order valence-corrected chi connectivity index (χ2v) is 4.60. The lowest BCUT2D eigenvalue weighted by atomic mass is 9.98. The van der Waals surface area contributed by atoms with Crippen molar-refractivity contribution in [1.29, 1.82) is 0 Å². The van der Waals surface area contributed by atoms with Gasteiger partial charge in [-0.05, 0) is 41.8 Å². The van der Waals surface area contributed by atoms with E-state index in [0.29, 0.717) is 10.6 Å². The molecule has 2 aromatic rings. The molecule has 0 amide bonds. The van der Waals surface area contributed by atoms with Crippen LogP contribution in [0.15, 0.2) is 36.4 Å².